The number of rotatable bonds is 7. The third-order valence-electron chi connectivity index (χ3n) is 4.96. The Morgan fingerprint density at radius 1 is 1.17 bits per heavy atom. The molecule has 2 fully saturated rings. The van der Waals surface area contributed by atoms with Gasteiger partial charge in [-0.1, -0.05) is 19.8 Å². The van der Waals surface area contributed by atoms with E-state index in [1.165, 1.54) is 0 Å². The van der Waals surface area contributed by atoms with Gasteiger partial charge < -0.3 is 10.0 Å². The highest BCUT2D eigenvalue weighted by atomic mass is 32.2. The monoisotopic (exact) mass is 360 g/mol. The molecule has 2 rings (SSSR count). The van der Waals surface area contributed by atoms with E-state index >= 15 is 0 Å². The van der Waals surface area contributed by atoms with Crippen molar-refractivity contribution in [1.29, 1.82) is 0 Å². The van der Waals surface area contributed by atoms with Crippen LogP contribution in [0.5, 0.6) is 0 Å². The summed E-state index contributed by atoms with van der Waals surface area (Å²) in [6.07, 6.45) is 5.61. The van der Waals surface area contributed by atoms with E-state index in [0.29, 0.717) is 25.8 Å². The Morgan fingerprint density at radius 3 is 2.42 bits per heavy atom. The van der Waals surface area contributed by atoms with Gasteiger partial charge in [0.05, 0.1) is 5.25 Å². The summed E-state index contributed by atoms with van der Waals surface area (Å²) < 4.78 is 26.7. The van der Waals surface area contributed by atoms with E-state index in [1.807, 2.05) is 6.92 Å². The summed E-state index contributed by atoms with van der Waals surface area (Å²) in [5.41, 5.74) is 0. The van der Waals surface area contributed by atoms with Crippen LogP contribution in [0, 0.1) is 5.92 Å². The SMILES string of the molecule is CCCN(CC(=O)O)S(=O)(=O)C1CCCN(C(=O)C2CCCC2)C1. The van der Waals surface area contributed by atoms with Gasteiger partial charge in [0.25, 0.3) is 0 Å². The Balaban J connectivity index is 2.08. The fourth-order valence-electron chi connectivity index (χ4n) is 3.72. The quantitative estimate of drug-likeness (QED) is 0.738. The Bertz CT molecular complexity index is 557. The molecule has 1 N–H and O–H groups in total. The van der Waals surface area contributed by atoms with E-state index in [4.69, 9.17) is 5.11 Å². The van der Waals surface area contributed by atoms with Gasteiger partial charge in [-0.15, -0.1) is 0 Å². The molecule has 2 aliphatic rings. The first-order valence-electron chi connectivity index (χ1n) is 8.85. The Hall–Kier alpha value is -1.15. The molecule has 0 bridgehead atoms. The van der Waals surface area contributed by atoms with Crippen LogP contribution >= 0.6 is 0 Å². The fraction of sp³-hybridized carbons (Fsp3) is 0.875. The topological polar surface area (TPSA) is 95.0 Å². The summed E-state index contributed by atoms with van der Waals surface area (Å²) >= 11 is 0. The average molecular weight is 360 g/mol. The van der Waals surface area contributed by atoms with Gasteiger partial charge in [0, 0.05) is 25.6 Å². The lowest BCUT2D eigenvalue weighted by molar-refractivity contribution is -0.138. The molecular formula is C16H28N2O5S. The van der Waals surface area contributed by atoms with Crippen molar-refractivity contribution < 1.29 is 23.1 Å². The van der Waals surface area contributed by atoms with Crippen LogP contribution in [0.15, 0.2) is 0 Å². The molecule has 0 aromatic rings. The molecule has 138 valence electrons. The fourth-order valence-corrected chi connectivity index (χ4v) is 5.70. The summed E-state index contributed by atoms with van der Waals surface area (Å²) in [6, 6.07) is 0. The summed E-state index contributed by atoms with van der Waals surface area (Å²) in [5, 5.41) is 8.29. The number of piperidine rings is 1. The van der Waals surface area contributed by atoms with Gasteiger partial charge in [-0.05, 0) is 32.1 Å². The molecular weight excluding hydrogens is 332 g/mol. The number of hydrogen-bond acceptors (Lipinski definition) is 4. The normalized spacial score (nSPS) is 22.9. The van der Waals surface area contributed by atoms with Gasteiger partial charge >= 0.3 is 5.97 Å². The first kappa shape index (κ1) is 19.2. The van der Waals surface area contributed by atoms with Crippen LogP contribution in [0.4, 0.5) is 0 Å². The maximum Gasteiger partial charge on any atom is 0.318 e. The van der Waals surface area contributed by atoms with Gasteiger partial charge in [-0.2, -0.15) is 4.31 Å². The molecule has 0 aromatic heterocycles. The Kier molecular flexibility index (Phi) is 6.62. The number of nitrogens with zero attached hydrogens (tertiary/aromatic N) is 2. The van der Waals surface area contributed by atoms with Crippen LogP contribution in [0.1, 0.15) is 51.9 Å². The lowest BCUT2D eigenvalue weighted by Crippen LogP contribution is -2.51. The molecule has 1 saturated carbocycles. The van der Waals surface area contributed by atoms with Crippen molar-refractivity contribution in [1.82, 2.24) is 9.21 Å². The van der Waals surface area contributed by atoms with Crippen LogP contribution in [0.3, 0.4) is 0 Å². The number of amides is 1. The minimum atomic E-state index is -3.71. The number of carboxylic acid groups (broad SMARTS) is 1. The first-order valence-corrected chi connectivity index (χ1v) is 10.4. The average Bonchev–Trinajstić information content (AvgIpc) is 3.08. The van der Waals surface area contributed by atoms with Crippen molar-refractivity contribution in [2.75, 3.05) is 26.2 Å². The summed E-state index contributed by atoms with van der Waals surface area (Å²) in [5.74, 6) is -1.04. The lowest BCUT2D eigenvalue weighted by Gasteiger charge is -2.36. The second-order valence-electron chi connectivity index (χ2n) is 6.80. The smallest absolute Gasteiger partial charge is 0.318 e. The molecule has 1 saturated heterocycles. The molecule has 1 unspecified atom stereocenters. The number of hydrogen-bond donors (Lipinski definition) is 1. The van der Waals surface area contributed by atoms with Crippen LogP contribution in [0.25, 0.3) is 0 Å². The largest absolute Gasteiger partial charge is 0.480 e. The van der Waals surface area contributed by atoms with Gasteiger partial charge in [0.1, 0.15) is 6.54 Å². The molecule has 7 nitrogen and oxygen atoms in total. The van der Waals surface area contributed by atoms with E-state index in [1.54, 1.807) is 4.90 Å². The molecule has 1 amide bonds. The molecule has 1 heterocycles. The first-order chi connectivity index (χ1) is 11.4. The molecule has 0 aromatic carbocycles. The second kappa shape index (κ2) is 8.29. The molecule has 8 heteroatoms. The number of carbonyl (C=O) groups is 2. The lowest BCUT2D eigenvalue weighted by atomic mass is 10.0. The third-order valence-corrected chi connectivity index (χ3v) is 7.22. The second-order valence-corrected chi connectivity index (χ2v) is 9.02. The van der Waals surface area contributed by atoms with E-state index < -0.39 is 27.8 Å². The standard InChI is InChI=1S/C16H28N2O5S/c1-2-9-18(12-15(19)20)24(22,23)14-8-5-10-17(11-14)16(21)13-6-3-4-7-13/h13-14H,2-12H2,1H3,(H,19,20). The summed E-state index contributed by atoms with van der Waals surface area (Å²) in [7, 11) is -3.71. The van der Waals surface area contributed by atoms with Crippen LogP contribution < -0.4 is 0 Å². The maximum atomic E-state index is 12.8. The number of carboxylic acids is 1. The van der Waals surface area contributed by atoms with Crippen molar-refractivity contribution >= 4 is 21.9 Å². The van der Waals surface area contributed by atoms with Gasteiger partial charge in [-0.3, -0.25) is 9.59 Å². The van der Waals surface area contributed by atoms with E-state index in [-0.39, 0.29) is 24.9 Å². The van der Waals surface area contributed by atoms with Gasteiger partial charge in [-0.25, -0.2) is 8.42 Å². The van der Waals surface area contributed by atoms with E-state index in [2.05, 4.69) is 0 Å². The molecule has 1 aliphatic carbocycles. The van der Waals surface area contributed by atoms with Crippen LogP contribution in [0.2, 0.25) is 0 Å². The van der Waals surface area contributed by atoms with Crippen molar-refractivity contribution in [3.8, 4) is 0 Å². The number of carbonyl (C=O) groups excluding carboxylic acids is 1. The maximum absolute atomic E-state index is 12.8. The van der Waals surface area contributed by atoms with Crippen LogP contribution in [-0.2, 0) is 19.6 Å². The summed E-state index contributed by atoms with van der Waals surface area (Å²) in [6.45, 7) is 2.30. The van der Waals surface area contributed by atoms with E-state index in [0.717, 1.165) is 30.0 Å². The number of likely N-dealkylation sites (tertiary alicyclic amines) is 1. The Morgan fingerprint density at radius 2 is 1.83 bits per heavy atom. The van der Waals surface area contributed by atoms with Crippen LogP contribution in [-0.4, -0.2) is 66.0 Å². The predicted molar refractivity (Wildman–Crippen MR) is 90.0 cm³/mol. The number of aliphatic carboxylic acids is 1. The van der Waals surface area contributed by atoms with Gasteiger partial charge in [0.15, 0.2) is 0 Å². The molecule has 0 radical (unpaired) electrons. The molecule has 0 spiro atoms. The zero-order valence-electron chi connectivity index (χ0n) is 14.3. The van der Waals surface area contributed by atoms with Crippen molar-refractivity contribution in [3.63, 3.8) is 0 Å². The third kappa shape index (κ3) is 4.47. The zero-order valence-corrected chi connectivity index (χ0v) is 15.1. The molecule has 1 atom stereocenters. The minimum absolute atomic E-state index is 0.0391. The molecule has 1 aliphatic heterocycles. The predicted octanol–water partition coefficient (Wildman–Crippen LogP) is 1.29. The van der Waals surface area contributed by atoms with Crippen molar-refractivity contribution in [3.05, 3.63) is 0 Å². The van der Waals surface area contributed by atoms with Crippen molar-refractivity contribution in [2.24, 2.45) is 5.92 Å². The highest BCUT2D eigenvalue weighted by molar-refractivity contribution is 7.89. The Labute approximate surface area is 144 Å². The zero-order chi connectivity index (χ0) is 17.7. The van der Waals surface area contributed by atoms with Crippen molar-refractivity contribution in [2.45, 2.75) is 57.1 Å². The highest BCUT2D eigenvalue weighted by Crippen LogP contribution is 2.29. The van der Waals surface area contributed by atoms with E-state index in [9.17, 15) is 18.0 Å². The highest BCUT2D eigenvalue weighted by Gasteiger charge is 2.38. The number of sulfonamides is 1. The summed E-state index contributed by atoms with van der Waals surface area (Å²) in [4.78, 5) is 25.2. The minimum Gasteiger partial charge on any atom is -0.480 e. The van der Waals surface area contributed by atoms with Gasteiger partial charge in [0.2, 0.25) is 15.9 Å². The molecule has 24 heavy (non-hydrogen) atoms.